The van der Waals surface area contributed by atoms with Gasteiger partial charge >= 0.3 is 0 Å². The summed E-state index contributed by atoms with van der Waals surface area (Å²) in [6.07, 6.45) is 5.21. The fourth-order valence-corrected chi connectivity index (χ4v) is 2.67. The van der Waals surface area contributed by atoms with Crippen LogP contribution in [-0.2, 0) is 17.6 Å². The maximum Gasteiger partial charge on any atom is 0.220 e. The van der Waals surface area contributed by atoms with E-state index in [1.807, 2.05) is 22.7 Å². The molecule has 3 rings (SSSR count). The van der Waals surface area contributed by atoms with Crippen molar-refractivity contribution in [3.63, 3.8) is 0 Å². The van der Waals surface area contributed by atoms with Crippen molar-refractivity contribution in [2.75, 3.05) is 6.54 Å². The third-order valence-electron chi connectivity index (χ3n) is 3.70. The molecule has 0 radical (unpaired) electrons. The average Bonchev–Trinajstić information content (AvgIpc) is 2.95. The lowest BCUT2D eigenvalue weighted by molar-refractivity contribution is -0.121. The Bertz CT molecular complexity index is 862. The van der Waals surface area contributed by atoms with Gasteiger partial charge in [0.2, 0.25) is 5.91 Å². The van der Waals surface area contributed by atoms with E-state index in [-0.39, 0.29) is 11.7 Å². The molecule has 0 aliphatic heterocycles. The number of pyridine rings is 1. The highest BCUT2D eigenvalue weighted by atomic mass is 35.5. The average molecular weight is 346 g/mol. The van der Waals surface area contributed by atoms with Crippen LogP contribution in [0.3, 0.4) is 0 Å². The first-order valence-electron chi connectivity index (χ1n) is 7.74. The molecule has 0 aliphatic carbocycles. The lowest BCUT2D eigenvalue weighted by Gasteiger charge is -2.04. The summed E-state index contributed by atoms with van der Waals surface area (Å²) in [5.74, 6) is -0.328. The fourth-order valence-electron chi connectivity index (χ4n) is 2.51. The van der Waals surface area contributed by atoms with Gasteiger partial charge in [-0.15, -0.1) is 0 Å². The molecule has 3 aromatic rings. The van der Waals surface area contributed by atoms with Crippen LogP contribution >= 0.6 is 11.6 Å². The number of nitrogens with one attached hydrogen (secondary N) is 1. The first-order valence-corrected chi connectivity index (χ1v) is 8.12. The van der Waals surface area contributed by atoms with Gasteiger partial charge < -0.3 is 9.72 Å². The zero-order valence-corrected chi connectivity index (χ0v) is 13.8. The van der Waals surface area contributed by atoms with Gasteiger partial charge in [-0.25, -0.2) is 9.37 Å². The molecule has 2 heterocycles. The van der Waals surface area contributed by atoms with Gasteiger partial charge in [-0.2, -0.15) is 0 Å². The molecule has 0 saturated carbocycles. The van der Waals surface area contributed by atoms with Crippen molar-refractivity contribution in [3.05, 3.63) is 70.9 Å². The summed E-state index contributed by atoms with van der Waals surface area (Å²) in [5, 5.41) is 3.51. The van der Waals surface area contributed by atoms with Crippen molar-refractivity contribution < 1.29 is 9.18 Å². The molecule has 2 aromatic heterocycles. The Morgan fingerprint density at radius 3 is 2.92 bits per heavy atom. The lowest BCUT2D eigenvalue weighted by atomic mass is 10.1. The molecule has 1 aromatic carbocycles. The fraction of sp³-hybridized carbons (Fsp3) is 0.222. The number of aryl methyl sites for hydroxylation is 1. The maximum absolute atomic E-state index is 13.1. The number of carbonyl (C=O) groups excluding carboxylic acids is 1. The van der Waals surface area contributed by atoms with Crippen molar-refractivity contribution in [1.29, 1.82) is 0 Å². The van der Waals surface area contributed by atoms with Crippen molar-refractivity contribution >= 4 is 23.2 Å². The van der Waals surface area contributed by atoms with Crippen LogP contribution in [0.2, 0.25) is 5.02 Å². The largest absolute Gasteiger partial charge is 0.356 e. The van der Waals surface area contributed by atoms with Crippen LogP contribution in [0.15, 0.2) is 48.8 Å². The van der Waals surface area contributed by atoms with Crippen LogP contribution in [0.5, 0.6) is 0 Å². The minimum absolute atomic E-state index is 0.0499. The van der Waals surface area contributed by atoms with Gasteiger partial charge in [0, 0.05) is 31.8 Å². The molecule has 0 unspecified atom stereocenters. The number of hydrogen-bond donors (Lipinski definition) is 1. The molecule has 0 saturated heterocycles. The number of benzene rings is 1. The second kappa shape index (κ2) is 7.45. The third kappa shape index (κ3) is 4.32. The minimum atomic E-state index is -0.278. The second-order valence-corrected chi connectivity index (χ2v) is 6.01. The number of halogens is 2. The molecule has 0 bridgehead atoms. The molecule has 6 heteroatoms. The third-order valence-corrected chi connectivity index (χ3v) is 3.92. The van der Waals surface area contributed by atoms with Crippen LogP contribution in [0.1, 0.15) is 17.7 Å². The van der Waals surface area contributed by atoms with Gasteiger partial charge in [0.05, 0.1) is 10.7 Å². The number of fused-ring (bicyclic) bond motifs is 1. The van der Waals surface area contributed by atoms with Crippen molar-refractivity contribution in [1.82, 2.24) is 14.7 Å². The van der Waals surface area contributed by atoms with E-state index in [2.05, 4.69) is 10.3 Å². The van der Waals surface area contributed by atoms with Crippen molar-refractivity contribution in [2.45, 2.75) is 19.3 Å². The summed E-state index contributed by atoms with van der Waals surface area (Å²) in [6, 6.07) is 9.96. The van der Waals surface area contributed by atoms with Gasteiger partial charge in [-0.3, -0.25) is 4.79 Å². The highest BCUT2D eigenvalue weighted by molar-refractivity contribution is 6.30. The number of hydrogen-bond acceptors (Lipinski definition) is 2. The van der Waals surface area contributed by atoms with Crippen molar-refractivity contribution in [2.24, 2.45) is 0 Å². The smallest absolute Gasteiger partial charge is 0.220 e. The summed E-state index contributed by atoms with van der Waals surface area (Å²) in [4.78, 5) is 16.3. The first-order chi connectivity index (χ1) is 11.6. The number of carbonyl (C=O) groups is 1. The van der Waals surface area contributed by atoms with E-state index in [0.717, 1.165) is 16.9 Å². The predicted octanol–water partition coefficient (Wildman–Crippen LogP) is 3.42. The quantitative estimate of drug-likeness (QED) is 0.744. The molecule has 0 aliphatic rings. The summed E-state index contributed by atoms with van der Waals surface area (Å²) in [5.41, 5.74) is 2.54. The van der Waals surface area contributed by atoms with E-state index in [9.17, 15) is 9.18 Å². The van der Waals surface area contributed by atoms with Gasteiger partial charge in [-0.05, 0) is 36.2 Å². The first kappa shape index (κ1) is 16.5. The number of rotatable bonds is 6. The Balaban J connectivity index is 1.45. The zero-order chi connectivity index (χ0) is 16.9. The Kier molecular flexibility index (Phi) is 5.11. The number of nitrogens with zero attached hydrogens (tertiary/aromatic N) is 2. The van der Waals surface area contributed by atoms with Gasteiger partial charge in [0.1, 0.15) is 11.5 Å². The summed E-state index contributed by atoms with van der Waals surface area (Å²) < 4.78 is 14.9. The molecule has 24 heavy (non-hydrogen) atoms. The van der Waals surface area contributed by atoms with Gasteiger partial charge in [0.15, 0.2) is 0 Å². The van der Waals surface area contributed by atoms with E-state index < -0.39 is 0 Å². The van der Waals surface area contributed by atoms with Crippen LogP contribution in [0.25, 0.3) is 5.65 Å². The monoisotopic (exact) mass is 345 g/mol. The topological polar surface area (TPSA) is 46.4 Å². The normalized spacial score (nSPS) is 10.9. The van der Waals surface area contributed by atoms with E-state index in [1.165, 1.54) is 12.1 Å². The lowest BCUT2D eigenvalue weighted by Crippen LogP contribution is -2.25. The second-order valence-electron chi connectivity index (χ2n) is 5.57. The number of amides is 1. The minimum Gasteiger partial charge on any atom is -0.356 e. The highest BCUT2D eigenvalue weighted by Gasteiger charge is 2.05. The Labute approximate surface area is 144 Å². The van der Waals surface area contributed by atoms with E-state index in [1.54, 1.807) is 18.3 Å². The van der Waals surface area contributed by atoms with Gasteiger partial charge in [-0.1, -0.05) is 23.7 Å². The molecule has 0 atom stereocenters. The molecular weight excluding hydrogens is 329 g/mol. The Morgan fingerprint density at radius 2 is 2.08 bits per heavy atom. The maximum atomic E-state index is 13.1. The summed E-state index contributed by atoms with van der Waals surface area (Å²) >= 11 is 5.94. The van der Waals surface area contributed by atoms with Crippen LogP contribution in [0.4, 0.5) is 4.39 Å². The zero-order valence-electron chi connectivity index (χ0n) is 13.0. The Hall–Kier alpha value is -2.40. The molecular formula is C18H17ClFN3O. The summed E-state index contributed by atoms with van der Waals surface area (Å²) in [7, 11) is 0. The SMILES string of the molecule is O=C(CCc1cccc(F)c1)NCCc1cn2cc(Cl)ccc2n1. The van der Waals surface area contributed by atoms with Crippen LogP contribution in [0, 0.1) is 5.82 Å². The standard InChI is InChI=1S/C18H17ClFN3O/c19-14-5-6-17-22-16(12-23(17)11-14)8-9-21-18(24)7-4-13-2-1-3-15(20)10-13/h1-3,5-6,10-12H,4,7-9H2,(H,21,24). The van der Waals surface area contributed by atoms with E-state index in [4.69, 9.17) is 11.6 Å². The Morgan fingerprint density at radius 1 is 1.21 bits per heavy atom. The number of imidazole rings is 1. The predicted molar refractivity (Wildman–Crippen MR) is 91.6 cm³/mol. The molecule has 1 N–H and O–H groups in total. The molecule has 4 nitrogen and oxygen atoms in total. The summed E-state index contributed by atoms with van der Waals surface area (Å²) in [6.45, 7) is 0.513. The van der Waals surface area contributed by atoms with Crippen molar-refractivity contribution in [3.8, 4) is 0 Å². The van der Waals surface area contributed by atoms with Crippen LogP contribution in [-0.4, -0.2) is 21.8 Å². The molecule has 0 fully saturated rings. The van der Waals surface area contributed by atoms with E-state index >= 15 is 0 Å². The molecule has 0 spiro atoms. The highest BCUT2D eigenvalue weighted by Crippen LogP contribution is 2.12. The molecule has 124 valence electrons. The molecule has 1 amide bonds. The van der Waals surface area contributed by atoms with E-state index in [0.29, 0.717) is 30.8 Å². The van der Waals surface area contributed by atoms with Gasteiger partial charge in [0.25, 0.3) is 0 Å². The number of aromatic nitrogens is 2. The van der Waals surface area contributed by atoms with Crippen LogP contribution < -0.4 is 5.32 Å².